The van der Waals surface area contributed by atoms with Gasteiger partial charge in [0.15, 0.2) is 5.78 Å². The summed E-state index contributed by atoms with van der Waals surface area (Å²) in [4.78, 5) is 22.6. The molecular formula is C14H20N2O2. The van der Waals surface area contributed by atoms with Crippen LogP contribution in [0.1, 0.15) is 29.8 Å². The van der Waals surface area contributed by atoms with Gasteiger partial charge in [0.2, 0.25) is 0 Å². The van der Waals surface area contributed by atoms with E-state index in [9.17, 15) is 9.59 Å². The molecular weight excluding hydrogens is 228 g/mol. The summed E-state index contributed by atoms with van der Waals surface area (Å²) >= 11 is 0. The molecule has 98 valence electrons. The molecule has 1 aromatic carbocycles. The van der Waals surface area contributed by atoms with Gasteiger partial charge in [-0.2, -0.15) is 0 Å². The third-order valence-corrected chi connectivity index (χ3v) is 2.88. The van der Waals surface area contributed by atoms with Gasteiger partial charge in [0.05, 0.1) is 12.1 Å². The lowest BCUT2D eigenvalue weighted by Crippen LogP contribution is -2.35. The van der Waals surface area contributed by atoms with E-state index in [-0.39, 0.29) is 11.7 Å². The van der Waals surface area contributed by atoms with Crippen molar-refractivity contribution >= 4 is 12.1 Å². The Balaban J connectivity index is 2.88. The number of aldehydes is 1. The van der Waals surface area contributed by atoms with Crippen molar-refractivity contribution in [3.8, 4) is 0 Å². The van der Waals surface area contributed by atoms with Gasteiger partial charge in [0.1, 0.15) is 6.29 Å². The molecule has 1 rings (SSSR count). The number of carbonyl (C=O) groups is 2. The molecule has 0 unspecified atom stereocenters. The lowest BCUT2D eigenvalue weighted by Gasteiger charge is -2.15. The molecule has 0 saturated heterocycles. The molecule has 0 fully saturated rings. The molecule has 4 N–H and O–H groups in total. The second-order valence-corrected chi connectivity index (χ2v) is 4.84. The zero-order valence-electron chi connectivity index (χ0n) is 10.8. The minimum absolute atomic E-state index is 0.0773. The van der Waals surface area contributed by atoms with Crippen molar-refractivity contribution in [1.29, 1.82) is 0 Å². The Morgan fingerprint density at radius 3 is 2.56 bits per heavy atom. The van der Waals surface area contributed by atoms with Crippen molar-refractivity contribution in [2.24, 2.45) is 17.4 Å². The molecule has 0 radical (unpaired) electrons. The highest BCUT2D eigenvalue weighted by Gasteiger charge is 2.19. The molecule has 0 amide bonds. The summed E-state index contributed by atoms with van der Waals surface area (Å²) < 4.78 is 0. The first-order valence-electron chi connectivity index (χ1n) is 6.05. The van der Waals surface area contributed by atoms with Crippen LogP contribution in [0.25, 0.3) is 0 Å². The Kier molecular flexibility index (Phi) is 5.19. The highest BCUT2D eigenvalue weighted by molar-refractivity contribution is 6.00. The van der Waals surface area contributed by atoms with Crippen LogP contribution in [-0.2, 0) is 11.2 Å². The van der Waals surface area contributed by atoms with Crippen LogP contribution in [0, 0.1) is 5.92 Å². The van der Waals surface area contributed by atoms with Crippen molar-refractivity contribution in [3.63, 3.8) is 0 Å². The Morgan fingerprint density at radius 1 is 1.33 bits per heavy atom. The summed E-state index contributed by atoms with van der Waals surface area (Å²) in [5, 5.41) is 0. The molecule has 0 aliphatic rings. The highest BCUT2D eigenvalue weighted by Crippen LogP contribution is 2.12. The first-order chi connectivity index (χ1) is 8.45. The minimum atomic E-state index is -0.533. The Morgan fingerprint density at radius 2 is 2.00 bits per heavy atom. The number of carbonyl (C=O) groups excluding carboxylic acids is 2. The molecule has 0 heterocycles. The third-order valence-electron chi connectivity index (χ3n) is 2.88. The highest BCUT2D eigenvalue weighted by atomic mass is 16.1. The van der Waals surface area contributed by atoms with Gasteiger partial charge >= 0.3 is 0 Å². The van der Waals surface area contributed by atoms with Gasteiger partial charge in [-0.1, -0.05) is 32.0 Å². The topological polar surface area (TPSA) is 86.2 Å². The Bertz CT molecular complexity index is 430. The molecule has 0 aliphatic heterocycles. The number of rotatable bonds is 6. The van der Waals surface area contributed by atoms with Crippen molar-refractivity contribution in [2.45, 2.75) is 32.4 Å². The quantitative estimate of drug-likeness (QED) is 0.579. The van der Waals surface area contributed by atoms with Crippen LogP contribution < -0.4 is 11.5 Å². The fourth-order valence-corrected chi connectivity index (χ4v) is 1.67. The molecule has 0 spiro atoms. The van der Waals surface area contributed by atoms with Crippen LogP contribution >= 0.6 is 0 Å². The van der Waals surface area contributed by atoms with Crippen LogP contribution in [0.15, 0.2) is 24.3 Å². The van der Waals surface area contributed by atoms with Gasteiger partial charge in [-0.25, -0.2) is 0 Å². The Hall–Kier alpha value is -1.52. The van der Waals surface area contributed by atoms with Crippen molar-refractivity contribution in [2.75, 3.05) is 0 Å². The van der Waals surface area contributed by atoms with Gasteiger partial charge < -0.3 is 16.3 Å². The lowest BCUT2D eigenvalue weighted by atomic mass is 9.94. The van der Waals surface area contributed by atoms with E-state index in [0.29, 0.717) is 18.3 Å². The number of nitrogens with two attached hydrogens (primary N) is 2. The molecule has 1 aromatic rings. The van der Waals surface area contributed by atoms with E-state index in [4.69, 9.17) is 11.5 Å². The summed E-state index contributed by atoms with van der Waals surface area (Å²) in [6.07, 6.45) is 1.13. The molecule has 0 saturated carbocycles. The maximum absolute atomic E-state index is 12.1. The smallest absolute Gasteiger partial charge is 0.179 e. The van der Waals surface area contributed by atoms with Crippen LogP contribution in [0.3, 0.4) is 0 Å². The van der Waals surface area contributed by atoms with Gasteiger partial charge in [-0.15, -0.1) is 0 Å². The maximum atomic E-state index is 12.1. The standard InChI is InChI=1S/C14H20N2O2/c1-9(2)13(16)14(18)11-5-3-4-10(6-11)7-12(15)8-17/h3-6,8-9,12-13H,7,15-16H2,1-2H3/t12-,13-/m0/s1. The van der Waals surface area contributed by atoms with Gasteiger partial charge in [0, 0.05) is 5.56 Å². The average molecular weight is 248 g/mol. The third kappa shape index (κ3) is 3.75. The first-order valence-corrected chi connectivity index (χ1v) is 6.05. The molecule has 0 aromatic heterocycles. The van der Waals surface area contributed by atoms with E-state index >= 15 is 0 Å². The number of Topliss-reactive ketones (excluding diaryl/α,β-unsaturated/α-hetero) is 1. The van der Waals surface area contributed by atoms with E-state index < -0.39 is 12.1 Å². The predicted molar refractivity (Wildman–Crippen MR) is 71.3 cm³/mol. The summed E-state index contributed by atoms with van der Waals surface area (Å²) in [6.45, 7) is 3.82. The van der Waals surface area contributed by atoms with Crippen LogP contribution in [0.5, 0.6) is 0 Å². The van der Waals surface area contributed by atoms with Crippen LogP contribution in [-0.4, -0.2) is 24.2 Å². The average Bonchev–Trinajstić information content (AvgIpc) is 2.37. The zero-order chi connectivity index (χ0) is 13.7. The second kappa shape index (κ2) is 6.42. The minimum Gasteiger partial charge on any atom is -0.321 e. The molecule has 4 nitrogen and oxygen atoms in total. The summed E-state index contributed by atoms with van der Waals surface area (Å²) in [5.41, 5.74) is 12.8. The van der Waals surface area contributed by atoms with Crippen LogP contribution in [0.2, 0.25) is 0 Å². The Labute approximate surface area is 107 Å². The monoisotopic (exact) mass is 248 g/mol. The van der Waals surface area contributed by atoms with Crippen molar-refractivity contribution < 1.29 is 9.59 Å². The van der Waals surface area contributed by atoms with Crippen LogP contribution in [0.4, 0.5) is 0 Å². The fraction of sp³-hybridized carbons (Fsp3) is 0.429. The van der Waals surface area contributed by atoms with E-state index in [1.807, 2.05) is 19.9 Å². The number of hydrogen-bond acceptors (Lipinski definition) is 4. The molecule has 0 bridgehead atoms. The molecule has 4 heteroatoms. The van der Waals surface area contributed by atoms with Crippen molar-refractivity contribution in [3.05, 3.63) is 35.4 Å². The predicted octanol–water partition coefficient (Wildman–Crippen LogP) is 0.921. The lowest BCUT2D eigenvalue weighted by molar-refractivity contribution is -0.108. The fourth-order valence-electron chi connectivity index (χ4n) is 1.67. The molecule has 2 atom stereocenters. The van der Waals surface area contributed by atoms with Gasteiger partial charge in [-0.3, -0.25) is 4.79 Å². The largest absolute Gasteiger partial charge is 0.321 e. The summed E-state index contributed by atoms with van der Waals surface area (Å²) in [7, 11) is 0. The first kappa shape index (κ1) is 14.5. The van der Waals surface area contributed by atoms with Crippen molar-refractivity contribution in [1.82, 2.24) is 0 Å². The van der Waals surface area contributed by atoms with E-state index in [1.165, 1.54) is 0 Å². The maximum Gasteiger partial charge on any atom is 0.179 e. The van der Waals surface area contributed by atoms with E-state index in [1.54, 1.807) is 18.2 Å². The SMILES string of the molecule is CC(C)[C@H](N)C(=O)c1cccc(C[C@H](N)C=O)c1. The summed E-state index contributed by atoms with van der Waals surface area (Å²) in [5.74, 6) is 0.0184. The number of ketones is 1. The normalized spacial score (nSPS) is 14.3. The molecule has 18 heavy (non-hydrogen) atoms. The summed E-state index contributed by atoms with van der Waals surface area (Å²) in [6, 6.07) is 6.09. The van der Waals surface area contributed by atoms with Gasteiger partial charge in [-0.05, 0) is 24.0 Å². The number of hydrogen-bond donors (Lipinski definition) is 2. The molecule has 0 aliphatic carbocycles. The number of benzene rings is 1. The van der Waals surface area contributed by atoms with Gasteiger partial charge in [0.25, 0.3) is 0 Å². The van der Waals surface area contributed by atoms with E-state index in [0.717, 1.165) is 5.56 Å². The van der Waals surface area contributed by atoms with E-state index in [2.05, 4.69) is 0 Å². The second-order valence-electron chi connectivity index (χ2n) is 4.84. The zero-order valence-corrected chi connectivity index (χ0v) is 10.8.